The zero-order chi connectivity index (χ0) is 15.6. The fourth-order valence-electron chi connectivity index (χ4n) is 1.79. The molecule has 0 saturated carbocycles. The minimum absolute atomic E-state index is 0.101. The summed E-state index contributed by atoms with van der Waals surface area (Å²) in [4.78, 5) is 15.6. The molecule has 0 atom stereocenters. The standard InChI is InChI=1S/C13H12F3N3O2/c1-2-21-12(20)10-11(17)18-7-19(10)9-5-3-4-8(6-9)13(14,15)16/h3-7H,2,17H2,1H3. The van der Waals surface area contributed by atoms with Gasteiger partial charge >= 0.3 is 12.1 Å². The molecule has 0 aliphatic rings. The summed E-state index contributed by atoms with van der Waals surface area (Å²) in [6, 6.07) is 4.50. The Morgan fingerprint density at radius 2 is 2.14 bits per heavy atom. The first kappa shape index (κ1) is 14.9. The highest BCUT2D eigenvalue weighted by atomic mass is 19.4. The molecule has 0 fully saturated rings. The third kappa shape index (κ3) is 2.99. The fourth-order valence-corrected chi connectivity index (χ4v) is 1.79. The van der Waals surface area contributed by atoms with Crippen molar-refractivity contribution in [3.63, 3.8) is 0 Å². The third-order valence-electron chi connectivity index (χ3n) is 2.72. The Bertz CT molecular complexity index is 665. The van der Waals surface area contributed by atoms with Crippen molar-refractivity contribution < 1.29 is 22.7 Å². The predicted octanol–water partition coefficient (Wildman–Crippen LogP) is 2.65. The molecule has 0 spiro atoms. The molecule has 0 radical (unpaired) electrons. The van der Waals surface area contributed by atoms with Crippen molar-refractivity contribution in [3.05, 3.63) is 41.9 Å². The number of anilines is 1. The molecule has 1 heterocycles. The number of nitrogens with two attached hydrogens (primary N) is 1. The van der Waals surface area contributed by atoms with Gasteiger partial charge in [-0.15, -0.1) is 0 Å². The number of hydrogen-bond acceptors (Lipinski definition) is 4. The van der Waals surface area contributed by atoms with Gasteiger partial charge in [0.15, 0.2) is 11.5 Å². The van der Waals surface area contributed by atoms with Crippen LogP contribution in [0.15, 0.2) is 30.6 Å². The topological polar surface area (TPSA) is 70.1 Å². The van der Waals surface area contributed by atoms with Crippen molar-refractivity contribution >= 4 is 11.8 Å². The maximum atomic E-state index is 12.7. The minimum Gasteiger partial charge on any atom is -0.461 e. The monoisotopic (exact) mass is 299 g/mol. The maximum absolute atomic E-state index is 12.7. The van der Waals surface area contributed by atoms with E-state index >= 15 is 0 Å². The second-order valence-electron chi connectivity index (χ2n) is 4.12. The second kappa shape index (κ2) is 5.47. The van der Waals surface area contributed by atoms with Crippen LogP contribution in [0.4, 0.5) is 19.0 Å². The van der Waals surface area contributed by atoms with Gasteiger partial charge in [-0.25, -0.2) is 9.78 Å². The molecular formula is C13H12F3N3O2. The number of esters is 1. The predicted molar refractivity (Wildman–Crippen MR) is 68.9 cm³/mol. The van der Waals surface area contributed by atoms with E-state index in [9.17, 15) is 18.0 Å². The number of alkyl halides is 3. The fraction of sp³-hybridized carbons (Fsp3) is 0.231. The summed E-state index contributed by atoms with van der Waals surface area (Å²) >= 11 is 0. The molecule has 5 nitrogen and oxygen atoms in total. The average Bonchev–Trinajstić information content (AvgIpc) is 2.80. The normalized spacial score (nSPS) is 11.4. The van der Waals surface area contributed by atoms with Gasteiger partial charge in [-0.3, -0.25) is 4.57 Å². The van der Waals surface area contributed by atoms with Crippen LogP contribution in [0.2, 0.25) is 0 Å². The van der Waals surface area contributed by atoms with Gasteiger partial charge in [-0.2, -0.15) is 13.2 Å². The molecule has 0 saturated heterocycles. The second-order valence-corrected chi connectivity index (χ2v) is 4.12. The van der Waals surface area contributed by atoms with Crippen LogP contribution < -0.4 is 5.73 Å². The molecule has 0 aliphatic heterocycles. The number of carbonyl (C=O) groups excluding carboxylic acids is 1. The van der Waals surface area contributed by atoms with Gasteiger partial charge in [-0.05, 0) is 25.1 Å². The Labute approximate surface area is 118 Å². The summed E-state index contributed by atoms with van der Waals surface area (Å²) in [5.41, 5.74) is 4.77. The molecule has 2 aromatic rings. The lowest BCUT2D eigenvalue weighted by Gasteiger charge is -2.11. The summed E-state index contributed by atoms with van der Waals surface area (Å²) in [7, 11) is 0. The zero-order valence-electron chi connectivity index (χ0n) is 11.0. The number of hydrogen-bond donors (Lipinski definition) is 1. The molecule has 112 valence electrons. The first-order chi connectivity index (χ1) is 9.84. The van der Waals surface area contributed by atoms with Crippen molar-refractivity contribution in [3.8, 4) is 5.69 Å². The van der Waals surface area contributed by atoms with Gasteiger partial charge in [-0.1, -0.05) is 6.07 Å². The number of aromatic nitrogens is 2. The molecule has 21 heavy (non-hydrogen) atoms. The lowest BCUT2D eigenvalue weighted by atomic mass is 10.2. The molecule has 2 N–H and O–H groups in total. The zero-order valence-corrected chi connectivity index (χ0v) is 11.0. The van der Waals surface area contributed by atoms with Crippen molar-refractivity contribution in [1.82, 2.24) is 9.55 Å². The third-order valence-corrected chi connectivity index (χ3v) is 2.72. The van der Waals surface area contributed by atoms with Crippen LogP contribution in [0, 0.1) is 0 Å². The van der Waals surface area contributed by atoms with Crippen molar-refractivity contribution in [2.24, 2.45) is 0 Å². The van der Waals surface area contributed by atoms with E-state index in [1.807, 2.05) is 0 Å². The number of halogens is 3. The Kier molecular flexibility index (Phi) is 3.88. The van der Waals surface area contributed by atoms with Crippen LogP contribution in [0.25, 0.3) is 5.69 Å². The number of nitrogens with zero attached hydrogens (tertiary/aromatic N) is 2. The van der Waals surface area contributed by atoms with Crippen molar-refractivity contribution in [2.45, 2.75) is 13.1 Å². The Morgan fingerprint density at radius 1 is 1.43 bits per heavy atom. The first-order valence-corrected chi connectivity index (χ1v) is 6.02. The van der Waals surface area contributed by atoms with Gasteiger partial charge in [0.1, 0.15) is 6.33 Å². The summed E-state index contributed by atoms with van der Waals surface area (Å²) in [6.07, 6.45) is -3.30. The van der Waals surface area contributed by atoms with E-state index in [1.165, 1.54) is 23.0 Å². The molecule has 8 heteroatoms. The van der Waals surface area contributed by atoms with Crippen LogP contribution in [-0.2, 0) is 10.9 Å². The number of imidazole rings is 1. The number of carbonyl (C=O) groups is 1. The quantitative estimate of drug-likeness (QED) is 0.885. The lowest BCUT2D eigenvalue weighted by molar-refractivity contribution is -0.137. The van der Waals surface area contributed by atoms with Crippen molar-refractivity contribution in [2.75, 3.05) is 12.3 Å². The summed E-state index contributed by atoms with van der Waals surface area (Å²) in [5.74, 6) is -0.851. The van der Waals surface area contributed by atoms with Crippen LogP contribution in [0.3, 0.4) is 0 Å². The first-order valence-electron chi connectivity index (χ1n) is 6.02. The van der Waals surface area contributed by atoms with E-state index < -0.39 is 17.7 Å². The highest BCUT2D eigenvalue weighted by molar-refractivity contribution is 5.93. The van der Waals surface area contributed by atoms with Crippen molar-refractivity contribution in [1.29, 1.82) is 0 Å². The highest BCUT2D eigenvalue weighted by Gasteiger charge is 2.31. The molecule has 0 aliphatic carbocycles. The summed E-state index contributed by atoms with van der Waals surface area (Å²) in [6.45, 7) is 1.73. The van der Waals surface area contributed by atoms with Crippen LogP contribution in [0.5, 0.6) is 0 Å². The SMILES string of the molecule is CCOC(=O)c1c(N)ncn1-c1cccc(C(F)(F)F)c1. The van der Waals surface area contributed by atoms with E-state index in [4.69, 9.17) is 10.5 Å². The summed E-state index contributed by atoms with van der Waals surface area (Å²) in [5, 5.41) is 0. The maximum Gasteiger partial charge on any atom is 0.416 e. The number of ether oxygens (including phenoxy) is 1. The largest absolute Gasteiger partial charge is 0.461 e. The highest BCUT2D eigenvalue weighted by Crippen LogP contribution is 2.30. The summed E-state index contributed by atoms with van der Waals surface area (Å²) < 4.78 is 44.2. The van der Waals surface area contributed by atoms with Crippen LogP contribution >= 0.6 is 0 Å². The number of nitrogen functional groups attached to an aromatic ring is 1. The van der Waals surface area contributed by atoms with Gasteiger partial charge in [0, 0.05) is 5.69 Å². The Balaban J connectivity index is 2.51. The lowest BCUT2D eigenvalue weighted by Crippen LogP contribution is -2.13. The van der Waals surface area contributed by atoms with E-state index in [2.05, 4.69) is 4.98 Å². The minimum atomic E-state index is -4.48. The van der Waals surface area contributed by atoms with E-state index in [0.29, 0.717) is 0 Å². The van der Waals surface area contributed by atoms with Crippen LogP contribution in [-0.4, -0.2) is 22.1 Å². The molecule has 0 amide bonds. The molecule has 1 aromatic carbocycles. The van der Waals surface area contributed by atoms with Gasteiger partial charge in [0.05, 0.1) is 12.2 Å². The van der Waals surface area contributed by atoms with Gasteiger partial charge in [0.2, 0.25) is 0 Å². The van der Waals surface area contributed by atoms with Crippen LogP contribution in [0.1, 0.15) is 23.0 Å². The molecule has 1 aromatic heterocycles. The molecule has 0 unspecified atom stereocenters. The van der Waals surface area contributed by atoms with E-state index in [0.717, 1.165) is 12.1 Å². The van der Waals surface area contributed by atoms with E-state index in [1.54, 1.807) is 6.92 Å². The molecule has 0 bridgehead atoms. The van der Waals surface area contributed by atoms with E-state index in [-0.39, 0.29) is 23.8 Å². The number of rotatable bonds is 3. The molecule has 2 rings (SSSR count). The smallest absolute Gasteiger partial charge is 0.416 e. The average molecular weight is 299 g/mol. The van der Waals surface area contributed by atoms with Gasteiger partial charge in [0.25, 0.3) is 0 Å². The Hall–Kier alpha value is -2.51. The molecular weight excluding hydrogens is 287 g/mol. The number of benzene rings is 1. The Morgan fingerprint density at radius 3 is 2.76 bits per heavy atom. The van der Waals surface area contributed by atoms with Gasteiger partial charge < -0.3 is 10.5 Å².